The summed E-state index contributed by atoms with van der Waals surface area (Å²) in [7, 11) is 0. The molecule has 162 valence electrons. The number of hydrogen-bond donors (Lipinski definition) is 6. The molecule has 0 aromatic rings. The lowest BCUT2D eigenvalue weighted by Gasteiger charge is -2.45. The quantitative estimate of drug-likeness (QED) is 0.228. The van der Waals surface area contributed by atoms with Gasteiger partial charge in [0.05, 0.1) is 32.0 Å². The Morgan fingerprint density at radius 2 is 1.86 bits per heavy atom. The molecular weight excluding hydrogens is 378 g/mol. The van der Waals surface area contributed by atoms with Gasteiger partial charge in [-0.3, -0.25) is 4.79 Å². The molecule has 11 heteroatoms. The molecule has 2 saturated heterocycles. The van der Waals surface area contributed by atoms with Gasteiger partial charge in [0.15, 0.2) is 12.6 Å². The van der Waals surface area contributed by atoms with Crippen LogP contribution < -0.4 is 5.32 Å². The van der Waals surface area contributed by atoms with Crippen LogP contribution in [0.5, 0.6) is 0 Å². The van der Waals surface area contributed by atoms with Gasteiger partial charge in [-0.15, -0.1) is 6.58 Å². The van der Waals surface area contributed by atoms with E-state index in [2.05, 4.69) is 11.9 Å². The SMILES string of the molecule is C=CCO[C@H]1O[C@H](CO)C[C@H](O[C@@H]2O[C@H](CO)[C@H](O)[C@H](O)[C@H]2O)[C@@H]1NC(C)=O. The first-order valence-corrected chi connectivity index (χ1v) is 9.04. The first-order valence-electron chi connectivity index (χ1n) is 9.04. The number of carbonyl (C=O) groups is 1. The Labute approximate surface area is 162 Å². The van der Waals surface area contributed by atoms with Gasteiger partial charge in [0.2, 0.25) is 5.91 Å². The van der Waals surface area contributed by atoms with Gasteiger partial charge < -0.3 is 49.8 Å². The van der Waals surface area contributed by atoms with Gasteiger partial charge in [-0.25, -0.2) is 0 Å². The third kappa shape index (κ3) is 5.47. The second-order valence-corrected chi connectivity index (χ2v) is 6.76. The number of aliphatic hydroxyl groups is 5. The zero-order chi connectivity index (χ0) is 20.8. The fourth-order valence-electron chi connectivity index (χ4n) is 3.22. The van der Waals surface area contributed by atoms with Crippen LogP contribution in [0.3, 0.4) is 0 Å². The molecule has 0 aliphatic carbocycles. The van der Waals surface area contributed by atoms with E-state index in [1.807, 2.05) is 0 Å². The van der Waals surface area contributed by atoms with Crippen LogP contribution in [0.1, 0.15) is 13.3 Å². The van der Waals surface area contributed by atoms with Gasteiger partial charge >= 0.3 is 0 Å². The molecule has 6 N–H and O–H groups in total. The van der Waals surface area contributed by atoms with E-state index in [1.54, 1.807) is 0 Å². The summed E-state index contributed by atoms with van der Waals surface area (Å²) < 4.78 is 22.3. The van der Waals surface area contributed by atoms with Crippen molar-refractivity contribution in [2.24, 2.45) is 0 Å². The first kappa shape index (κ1) is 23.1. The molecule has 2 aliphatic rings. The predicted octanol–water partition coefficient (Wildman–Crippen LogP) is -3.01. The minimum Gasteiger partial charge on any atom is -0.394 e. The third-order valence-electron chi connectivity index (χ3n) is 4.62. The Hall–Kier alpha value is -1.15. The molecule has 2 fully saturated rings. The highest BCUT2D eigenvalue weighted by Gasteiger charge is 2.48. The van der Waals surface area contributed by atoms with Crippen LogP contribution in [0.25, 0.3) is 0 Å². The standard InChI is InChI=1S/C17H29NO10/c1-3-4-25-16-12(18-8(2)21)10(5-9(6-19)26-16)27-17-15(24)14(23)13(22)11(7-20)28-17/h3,9-17,19-20,22-24H,1,4-7H2,2H3,(H,18,21)/t9-,10-,11+,12-,13-,14-,15+,16-,17+/m0/s1. The fraction of sp³-hybridized carbons (Fsp3) is 0.824. The van der Waals surface area contributed by atoms with Gasteiger partial charge in [-0.1, -0.05) is 6.08 Å². The average Bonchev–Trinajstić information content (AvgIpc) is 2.67. The Balaban J connectivity index is 2.19. The van der Waals surface area contributed by atoms with E-state index in [4.69, 9.17) is 18.9 Å². The molecule has 1 amide bonds. The van der Waals surface area contributed by atoms with Crippen LogP contribution in [0.15, 0.2) is 12.7 Å². The number of hydrogen-bond acceptors (Lipinski definition) is 10. The lowest BCUT2D eigenvalue weighted by Crippen LogP contribution is -2.63. The minimum absolute atomic E-state index is 0.117. The maximum atomic E-state index is 11.6. The summed E-state index contributed by atoms with van der Waals surface area (Å²) in [5, 5.41) is 51.5. The highest BCUT2D eigenvalue weighted by molar-refractivity contribution is 5.73. The van der Waals surface area contributed by atoms with Crippen molar-refractivity contribution in [1.29, 1.82) is 0 Å². The van der Waals surface area contributed by atoms with Crippen molar-refractivity contribution in [3.8, 4) is 0 Å². The second-order valence-electron chi connectivity index (χ2n) is 6.76. The summed E-state index contributed by atoms with van der Waals surface area (Å²) in [4.78, 5) is 11.6. The molecule has 11 nitrogen and oxygen atoms in total. The topological polar surface area (TPSA) is 167 Å². The van der Waals surface area contributed by atoms with Crippen molar-refractivity contribution >= 4 is 5.91 Å². The second kappa shape index (κ2) is 10.6. The zero-order valence-corrected chi connectivity index (χ0v) is 15.6. The monoisotopic (exact) mass is 407 g/mol. The molecule has 0 spiro atoms. The van der Waals surface area contributed by atoms with E-state index in [0.29, 0.717) is 0 Å². The van der Waals surface area contributed by atoms with Gasteiger partial charge in [0.25, 0.3) is 0 Å². The molecule has 2 rings (SSSR count). The smallest absolute Gasteiger partial charge is 0.217 e. The largest absolute Gasteiger partial charge is 0.394 e. The summed E-state index contributed by atoms with van der Waals surface area (Å²) in [5.41, 5.74) is 0. The maximum absolute atomic E-state index is 11.6. The van der Waals surface area contributed by atoms with E-state index in [1.165, 1.54) is 13.0 Å². The van der Waals surface area contributed by atoms with Crippen molar-refractivity contribution < 1.29 is 49.3 Å². The fourth-order valence-corrected chi connectivity index (χ4v) is 3.22. The van der Waals surface area contributed by atoms with Crippen LogP contribution in [0.2, 0.25) is 0 Å². The molecule has 0 bridgehead atoms. The summed E-state index contributed by atoms with van der Waals surface area (Å²) >= 11 is 0. The van der Waals surface area contributed by atoms with Crippen molar-refractivity contribution in [1.82, 2.24) is 5.32 Å². The van der Waals surface area contributed by atoms with E-state index >= 15 is 0 Å². The summed E-state index contributed by atoms with van der Waals surface area (Å²) in [6, 6.07) is -0.812. The van der Waals surface area contributed by atoms with E-state index < -0.39 is 61.9 Å². The lowest BCUT2D eigenvalue weighted by atomic mass is 9.97. The molecule has 0 aromatic carbocycles. The van der Waals surface area contributed by atoms with Crippen LogP contribution in [0, 0.1) is 0 Å². The molecule has 28 heavy (non-hydrogen) atoms. The van der Waals surface area contributed by atoms with Crippen LogP contribution in [-0.2, 0) is 23.7 Å². The summed E-state index contributed by atoms with van der Waals surface area (Å²) in [5.74, 6) is -0.384. The summed E-state index contributed by atoms with van der Waals surface area (Å²) in [6.07, 6.45) is -8.10. The number of rotatable bonds is 8. The number of carbonyl (C=O) groups excluding carboxylic acids is 1. The zero-order valence-electron chi connectivity index (χ0n) is 15.6. The number of nitrogens with one attached hydrogen (secondary N) is 1. The normalized spacial score (nSPS) is 41.4. The first-order chi connectivity index (χ1) is 13.3. The molecule has 2 aliphatic heterocycles. The van der Waals surface area contributed by atoms with Crippen molar-refractivity contribution in [2.45, 2.75) is 68.6 Å². The molecule has 0 radical (unpaired) electrons. The van der Waals surface area contributed by atoms with Crippen molar-refractivity contribution in [3.05, 3.63) is 12.7 Å². The Morgan fingerprint density at radius 3 is 2.43 bits per heavy atom. The maximum Gasteiger partial charge on any atom is 0.217 e. The lowest BCUT2D eigenvalue weighted by molar-refractivity contribution is -0.329. The van der Waals surface area contributed by atoms with Gasteiger partial charge in [-0.05, 0) is 0 Å². The highest BCUT2D eigenvalue weighted by Crippen LogP contribution is 2.29. The molecule has 0 aromatic heterocycles. The third-order valence-corrected chi connectivity index (χ3v) is 4.62. The Bertz CT molecular complexity index is 518. The molecular formula is C17H29NO10. The van der Waals surface area contributed by atoms with Crippen LogP contribution in [-0.4, -0.2) is 107 Å². The molecule has 9 atom stereocenters. The van der Waals surface area contributed by atoms with Crippen molar-refractivity contribution in [2.75, 3.05) is 19.8 Å². The van der Waals surface area contributed by atoms with E-state index in [9.17, 15) is 30.3 Å². The van der Waals surface area contributed by atoms with Crippen LogP contribution in [0.4, 0.5) is 0 Å². The predicted molar refractivity (Wildman–Crippen MR) is 92.8 cm³/mol. The Morgan fingerprint density at radius 1 is 1.14 bits per heavy atom. The van der Waals surface area contributed by atoms with Crippen molar-refractivity contribution in [3.63, 3.8) is 0 Å². The number of ether oxygens (including phenoxy) is 4. The van der Waals surface area contributed by atoms with E-state index in [-0.39, 0.29) is 25.5 Å². The van der Waals surface area contributed by atoms with Gasteiger partial charge in [0, 0.05) is 13.3 Å². The van der Waals surface area contributed by atoms with E-state index in [0.717, 1.165) is 0 Å². The highest BCUT2D eigenvalue weighted by atomic mass is 16.7. The van der Waals surface area contributed by atoms with Gasteiger partial charge in [-0.2, -0.15) is 0 Å². The number of amides is 1. The average molecular weight is 407 g/mol. The van der Waals surface area contributed by atoms with Gasteiger partial charge in [0.1, 0.15) is 30.5 Å². The van der Waals surface area contributed by atoms with Crippen LogP contribution >= 0.6 is 0 Å². The Kier molecular flexibility index (Phi) is 8.74. The summed E-state index contributed by atoms with van der Waals surface area (Å²) in [6.45, 7) is 4.03. The molecule has 0 unspecified atom stereocenters. The molecule has 0 saturated carbocycles. The molecule has 2 heterocycles. The number of aliphatic hydroxyl groups excluding tert-OH is 5. The minimum atomic E-state index is -1.60.